The van der Waals surface area contributed by atoms with Gasteiger partial charge < -0.3 is 10.2 Å². The molecule has 1 saturated heterocycles. The van der Waals surface area contributed by atoms with Crippen LogP contribution in [0.1, 0.15) is 6.42 Å². The van der Waals surface area contributed by atoms with Gasteiger partial charge in [-0.05, 0) is 25.1 Å². The number of nitrogens with one attached hydrogen (secondary N) is 1. The van der Waals surface area contributed by atoms with Crippen LogP contribution < -0.4 is 10.2 Å². The normalized spacial score (nSPS) is 20.8. The molecule has 1 atom stereocenters. The van der Waals surface area contributed by atoms with Crippen molar-refractivity contribution in [3.05, 3.63) is 24.5 Å². The Kier molecular flexibility index (Phi) is 2.74. The van der Waals surface area contributed by atoms with Crippen LogP contribution in [0.3, 0.4) is 0 Å². The number of nitrogens with zero attached hydrogens (tertiary/aromatic N) is 1. The second-order valence-corrected chi connectivity index (χ2v) is 3.00. The highest BCUT2D eigenvalue weighted by Crippen LogP contribution is 2.08. The van der Waals surface area contributed by atoms with Crippen molar-refractivity contribution in [3.63, 3.8) is 0 Å². The summed E-state index contributed by atoms with van der Waals surface area (Å²) < 4.78 is 0. The standard InChI is InChI=1S/C9H12N2O2/c1-2-9(6-10-4-1)13-12-7-8-3-5-11-8/h1-2,4,6,8,11H,3,5,7H2/t8-/m1/s1. The molecule has 2 rings (SSSR count). The van der Waals surface area contributed by atoms with Crippen LogP contribution in [-0.4, -0.2) is 24.2 Å². The zero-order valence-electron chi connectivity index (χ0n) is 7.27. The van der Waals surface area contributed by atoms with Crippen LogP contribution in [0.4, 0.5) is 0 Å². The summed E-state index contributed by atoms with van der Waals surface area (Å²) in [6.45, 7) is 1.68. The number of hydrogen-bond acceptors (Lipinski definition) is 4. The first-order chi connectivity index (χ1) is 6.45. The highest BCUT2D eigenvalue weighted by Gasteiger charge is 2.16. The lowest BCUT2D eigenvalue weighted by Gasteiger charge is -2.26. The van der Waals surface area contributed by atoms with Crippen molar-refractivity contribution in [2.75, 3.05) is 13.2 Å². The van der Waals surface area contributed by atoms with Gasteiger partial charge in [-0.15, -0.1) is 0 Å². The van der Waals surface area contributed by atoms with Crippen molar-refractivity contribution >= 4 is 0 Å². The van der Waals surface area contributed by atoms with Gasteiger partial charge in [0, 0.05) is 12.2 Å². The molecule has 4 heteroatoms. The van der Waals surface area contributed by atoms with Gasteiger partial charge >= 0.3 is 0 Å². The summed E-state index contributed by atoms with van der Waals surface area (Å²) in [7, 11) is 0. The van der Waals surface area contributed by atoms with Crippen LogP contribution >= 0.6 is 0 Å². The van der Waals surface area contributed by atoms with Gasteiger partial charge in [0.1, 0.15) is 6.61 Å². The predicted molar refractivity (Wildman–Crippen MR) is 47.2 cm³/mol. The predicted octanol–water partition coefficient (Wildman–Crippen LogP) is 0.754. The van der Waals surface area contributed by atoms with Gasteiger partial charge in [0.15, 0.2) is 5.75 Å². The van der Waals surface area contributed by atoms with E-state index in [9.17, 15) is 0 Å². The monoisotopic (exact) mass is 180 g/mol. The van der Waals surface area contributed by atoms with E-state index in [0.717, 1.165) is 13.0 Å². The molecule has 1 aromatic heterocycles. The molecule has 0 saturated carbocycles. The topological polar surface area (TPSA) is 43.4 Å². The Hall–Kier alpha value is -1.13. The number of rotatable bonds is 4. The summed E-state index contributed by atoms with van der Waals surface area (Å²) in [5, 5.41) is 3.21. The third kappa shape index (κ3) is 2.40. The molecule has 0 amide bonds. The Labute approximate surface area is 76.8 Å². The molecule has 2 heterocycles. The Balaban J connectivity index is 1.67. The van der Waals surface area contributed by atoms with E-state index in [1.165, 1.54) is 0 Å². The van der Waals surface area contributed by atoms with Crippen LogP contribution in [0, 0.1) is 0 Å². The lowest BCUT2D eigenvalue weighted by atomic mass is 10.1. The maximum Gasteiger partial charge on any atom is 0.183 e. The van der Waals surface area contributed by atoms with Crippen molar-refractivity contribution < 1.29 is 9.78 Å². The van der Waals surface area contributed by atoms with Crippen LogP contribution in [0.5, 0.6) is 5.75 Å². The minimum absolute atomic E-state index is 0.455. The third-order valence-electron chi connectivity index (χ3n) is 1.98. The maximum atomic E-state index is 5.02. The lowest BCUT2D eigenvalue weighted by molar-refractivity contribution is -0.215. The summed E-state index contributed by atoms with van der Waals surface area (Å²) in [5.41, 5.74) is 0. The Morgan fingerprint density at radius 2 is 2.54 bits per heavy atom. The van der Waals surface area contributed by atoms with E-state index >= 15 is 0 Å². The summed E-state index contributed by atoms with van der Waals surface area (Å²) in [6.07, 6.45) is 4.48. The van der Waals surface area contributed by atoms with E-state index in [1.807, 2.05) is 0 Å². The zero-order chi connectivity index (χ0) is 8.93. The largest absolute Gasteiger partial charge is 0.336 e. The third-order valence-corrected chi connectivity index (χ3v) is 1.98. The summed E-state index contributed by atoms with van der Waals surface area (Å²) >= 11 is 0. The Morgan fingerprint density at radius 1 is 1.62 bits per heavy atom. The SMILES string of the molecule is c1cncc(OOC[C@H]2CCN2)c1. The molecule has 70 valence electrons. The molecule has 0 spiro atoms. The molecule has 0 radical (unpaired) electrons. The van der Waals surface area contributed by atoms with E-state index in [1.54, 1.807) is 24.5 Å². The van der Waals surface area contributed by atoms with Gasteiger partial charge in [-0.25, -0.2) is 0 Å². The fourth-order valence-corrected chi connectivity index (χ4v) is 1.07. The van der Waals surface area contributed by atoms with E-state index in [0.29, 0.717) is 18.4 Å². The van der Waals surface area contributed by atoms with Crippen molar-refractivity contribution in [3.8, 4) is 5.75 Å². The first-order valence-electron chi connectivity index (χ1n) is 4.38. The van der Waals surface area contributed by atoms with Crippen LogP contribution in [-0.2, 0) is 4.89 Å². The summed E-state index contributed by atoms with van der Waals surface area (Å²) in [4.78, 5) is 13.9. The van der Waals surface area contributed by atoms with Crippen LogP contribution in [0.25, 0.3) is 0 Å². The second-order valence-electron chi connectivity index (χ2n) is 3.00. The van der Waals surface area contributed by atoms with E-state index in [2.05, 4.69) is 10.3 Å². The molecule has 4 nitrogen and oxygen atoms in total. The Bertz CT molecular complexity index is 249. The molecule has 0 bridgehead atoms. The molecule has 1 aromatic rings. The number of pyridine rings is 1. The first kappa shape index (κ1) is 8.47. The fourth-order valence-electron chi connectivity index (χ4n) is 1.07. The van der Waals surface area contributed by atoms with Crippen LogP contribution in [0.15, 0.2) is 24.5 Å². The fraction of sp³-hybridized carbons (Fsp3) is 0.444. The zero-order valence-corrected chi connectivity index (χ0v) is 7.27. The molecular weight excluding hydrogens is 168 g/mol. The maximum absolute atomic E-state index is 5.02. The van der Waals surface area contributed by atoms with Crippen molar-refractivity contribution in [1.29, 1.82) is 0 Å². The molecule has 13 heavy (non-hydrogen) atoms. The van der Waals surface area contributed by atoms with E-state index < -0.39 is 0 Å². The highest BCUT2D eigenvalue weighted by atomic mass is 17.2. The minimum Gasteiger partial charge on any atom is -0.336 e. The number of aromatic nitrogens is 1. The summed E-state index contributed by atoms with van der Waals surface area (Å²) in [5.74, 6) is 0.641. The van der Waals surface area contributed by atoms with Gasteiger partial charge in [0.2, 0.25) is 0 Å². The van der Waals surface area contributed by atoms with Crippen molar-refractivity contribution in [2.45, 2.75) is 12.5 Å². The van der Waals surface area contributed by atoms with E-state index in [-0.39, 0.29) is 0 Å². The highest BCUT2D eigenvalue weighted by molar-refractivity contribution is 5.14. The average Bonchev–Trinajstić information content (AvgIpc) is 2.11. The molecule has 0 aromatic carbocycles. The second kappa shape index (κ2) is 4.20. The van der Waals surface area contributed by atoms with Crippen molar-refractivity contribution in [1.82, 2.24) is 10.3 Å². The molecule has 1 aliphatic heterocycles. The van der Waals surface area contributed by atoms with Gasteiger partial charge in [0.05, 0.1) is 6.20 Å². The smallest absolute Gasteiger partial charge is 0.183 e. The molecule has 1 fully saturated rings. The number of hydrogen-bond donors (Lipinski definition) is 1. The molecule has 0 aliphatic carbocycles. The first-order valence-corrected chi connectivity index (χ1v) is 4.38. The average molecular weight is 180 g/mol. The molecule has 1 N–H and O–H groups in total. The molecular formula is C9H12N2O2. The van der Waals surface area contributed by atoms with Gasteiger partial charge in [0.25, 0.3) is 0 Å². The quantitative estimate of drug-likeness (QED) is 0.548. The summed E-state index contributed by atoms with van der Waals surface area (Å²) in [6, 6.07) is 4.07. The Morgan fingerprint density at radius 3 is 3.15 bits per heavy atom. The van der Waals surface area contributed by atoms with Gasteiger partial charge in [-0.2, -0.15) is 4.89 Å². The molecule has 1 aliphatic rings. The van der Waals surface area contributed by atoms with Crippen molar-refractivity contribution in [2.24, 2.45) is 0 Å². The minimum atomic E-state index is 0.455. The van der Waals surface area contributed by atoms with Gasteiger partial charge in [-0.1, -0.05) is 0 Å². The molecule has 0 unspecified atom stereocenters. The van der Waals surface area contributed by atoms with Gasteiger partial charge in [-0.3, -0.25) is 4.98 Å². The van der Waals surface area contributed by atoms with Crippen LogP contribution in [0.2, 0.25) is 0 Å². The van der Waals surface area contributed by atoms with E-state index in [4.69, 9.17) is 9.78 Å². The lowest BCUT2D eigenvalue weighted by Crippen LogP contribution is -2.46.